The van der Waals surface area contributed by atoms with Crippen LogP contribution in [0.3, 0.4) is 0 Å². The highest BCUT2D eigenvalue weighted by Gasteiger charge is 2.42. The van der Waals surface area contributed by atoms with Crippen LogP contribution in [-0.4, -0.2) is 53.8 Å². The minimum atomic E-state index is -0.820. The van der Waals surface area contributed by atoms with E-state index in [2.05, 4.69) is 0 Å². The van der Waals surface area contributed by atoms with Gasteiger partial charge in [-0.1, -0.05) is 27.7 Å². The van der Waals surface area contributed by atoms with Gasteiger partial charge in [0, 0.05) is 32.6 Å². The Balaban J connectivity index is 2.68. The van der Waals surface area contributed by atoms with Crippen molar-refractivity contribution in [2.45, 2.75) is 34.1 Å². The second-order valence-corrected chi connectivity index (χ2v) is 6.31. The van der Waals surface area contributed by atoms with Crippen molar-refractivity contribution in [3.05, 3.63) is 0 Å². The Kier molecular flexibility index (Phi) is 6.42. The Morgan fingerprint density at radius 1 is 1.14 bits per heavy atom. The smallest absolute Gasteiger partial charge is 0.319 e. The average molecular weight is 410 g/mol. The molecule has 2 amide bonds. The summed E-state index contributed by atoms with van der Waals surface area (Å²) in [4.78, 5) is 39.5. The maximum atomic E-state index is 12.6. The van der Waals surface area contributed by atoms with E-state index in [1.807, 2.05) is 6.92 Å². The van der Waals surface area contributed by atoms with E-state index < -0.39 is 17.3 Å². The first-order valence-corrected chi connectivity index (χ1v) is 8.03. The summed E-state index contributed by atoms with van der Waals surface area (Å²) in [5, 5.41) is 0. The molecular formula is C14H23IN2O4. The minimum absolute atomic E-state index is 0.0691. The lowest BCUT2D eigenvalue weighted by Crippen LogP contribution is -2.55. The second kappa shape index (κ2) is 7.42. The first-order valence-electron chi connectivity index (χ1n) is 7.15. The molecule has 1 aliphatic heterocycles. The molecule has 0 aromatic rings. The summed E-state index contributed by atoms with van der Waals surface area (Å²) in [5.74, 6) is -0.866. The monoisotopic (exact) mass is 410 g/mol. The highest BCUT2D eigenvalue weighted by molar-refractivity contribution is 14.1. The van der Waals surface area contributed by atoms with Gasteiger partial charge < -0.3 is 12.9 Å². The fourth-order valence-corrected chi connectivity index (χ4v) is 2.72. The van der Waals surface area contributed by atoms with Crippen LogP contribution in [0, 0.1) is 11.3 Å². The van der Waals surface area contributed by atoms with Crippen LogP contribution in [0.15, 0.2) is 0 Å². The zero-order chi connectivity index (χ0) is 16.2. The molecule has 21 heavy (non-hydrogen) atoms. The normalized spacial score (nSPS) is 17.4. The highest BCUT2D eigenvalue weighted by atomic mass is 127. The van der Waals surface area contributed by atoms with Crippen molar-refractivity contribution < 1.29 is 17.4 Å². The predicted octanol–water partition coefficient (Wildman–Crippen LogP) is 1.62. The molecule has 1 fully saturated rings. The first kappa shape index (κ1) is 18.2. The number of hydrogen-bond acceptors (Lipinski definition) is 4. The summed E-state index contributed by atoms with van der Waals surface area (Å²) in [6.07, 6.45) is 0.484. The molecular weight excluding hydrogens is 387 g/mol. The van der Waals surface area contributed by atoms with Crippen molar-refractivity contribution in [2.75, 3.05) is 26.2 Å². The van der Waals surface area contributed by atoms with Crippen LogP contribution >= 0.6 is 23.0 Å². The number of hydrogen-bond donors (Lipinski definition) is 0. The van der Waals surface area contributed by atoms with Gasteiger partial charge in [0.25, 0.3) is 0 Å². The first-order chi connectivity index (χ1) is 9.75. The van der Waals surface area contributed by atoms with E-state index in [0.717, 1.165) is 0 Å². The van der Waals surface area contributed by atoms with Crippen LogP contribution in [0.25, 0.3) is 0 Å². The van der Waals surface area contributed by atoms with Gasteiger partial charge in [-0.15, -0.1) is 0 Å². The van der Waals surface area contributed by atoms with Gasteiger partial charge in [-0.05, 0) is 0 Å². The molecule has 0 spiro atoms. The molecule has 0 aromatic carbocycles. The van der Waals surface area contributed by atoms with Gasteiger partial charge in [0.05, 0.1) is 11.3 Å². The Labute approximate surface area is 139 Å². The van der Waals surface area contributed by atoms with Crippen LogP contribution in [0.5, 0.6) is 0 Å². The molecule has 7 heteroatoms. The quantitative estimate of drug-likeness (QED) is 0.661. The van der Waals surface area contributed by atoms with Crippen molar-refractivity contribution in [1.29, 1.82) is 0 Å². The van der Waals surface area contributed by atoms with Gasteiger partial charge in [-0.2, -0.15) is 0 Å². The van der Waals surface area contributed by atoms with Gasteiger partial charge in [-0.25, -0.2) is 0 Å². The van der Waals surface area contributed by atoms with Gasteiger partial charge in [0.2, 0.25) is 11.8 Å². The summed E-state index contributed by atoms with van der Waals surface area (Å²) in [6, 6.07) is 0. The summed E-state index contributed by atoms with van der Waals surface area (Å²) in [5.41, 5.74) is -0.820. The zero-order valence-corrected chi connectivity index (χ0v) is 15.2. The predicted molar refractivity (Wildman–Crippen MR) is 86.5 cm³/mol. The van der Waals surface area contributed by atoms with Crippen molar-refractivity contribution in [3.8, 4) is 0 Å². The molecule has 1 rings (SSSR count). The Hall–Kier alpha value is -0.860. The van der Waals surface area contributed by atoms with Gasteiger partial charge in [-0.3, -0.25) is 14.4 Å². The number of carbonyl (C=O) groups is 3. The standard InChI is InChI=1S/C14H23IN2O4/c1-5-11(18)16-6-8-17(9-7-16)13(20)14(3,4)10(2)12(19)21-15/h10H,5-9H2,1-4H3. The van der Waals surface area contributed by atoms with Crippen molar-refractivity contribution in [2.24, 2.45) is 11.3 Å². The molecule has 0 aromatic heterocycles. The molecule has 0 saturated carbocycles. The molecule has 1 saturated heterocycles. The highest BCUT2D eigenvalue weighted by Crippen LogP contribution is 2.31. The number of rotatable bonds is 4. The topological polar surface area (TPSA) is 66.9 Å². The summed E-state index contributed by atoms with van der Waals surface area (Å²) < 4.78 is 4.71. The third kappa shape index (κ3) is 4.08. The van der Waals surface area contributed by atoms with Gasteiger partial charge in [0.15, 0.2) is 23.0 Å². The molecule has 1 atom stereocenters. The second-order valence-electron chi connectivity index (χ2n) is 5.87. The van der Waals surface area contributed by atoms with E-state index >= 15 is 0 Å². The fraction of sp³-hybridized carbons (Fsp3) is 0.786. The summed E-state index contributed by atoms with van der Waals surface area (Å²) in [7, 11) is 0. The number of piperazine rings is 1. The number of halogens is 1. The van der Waals surface area contributed by atoms with Crippen LogP contribution in [0.2, 0.25) is 0 Å². The average Bonchev–Trinajstić information content (AvgIpc) is 2.51. The fourth-order valence-electron chi connectivity index (χ4n) is 2.34. The zero-order valence-electron chi connectivity index (χ0n) is 13.0. The summed E-state index contributed by atoms with van der Waals surface area (Å²) >= 11 is 1.54. The van der Waals surface area contributed by atoms with E-state index in [1.165, 1.54) is 0 Å². The third-order valence-electron chi connectivity index (χ3n) is 4.29. The van der Waals surface area contributed by atoms with E-state index in [9.17, 15) is 14.4 Å². The minimum Gasteiger partial charge on any atom is -0.394 e. The Morgan fingerprint density at radius 3 is 2.05 bits per heavy atom. The van der Waals surface area contributed by atoms with Crippen LogP contribution in [0.4, 0.5) is 0 Å². The number of amides is 2. The maximum absolute atomic E-state index is 12.6. The van der Waals surface area contributed by atoms with Gasteiger partial charge >= 0.3 is 5.97 Å². The Morgan fingerprint density at radius 2 is 1.62 bits per heavy atom. The van der Waals surface area contributed by atoms with Crippen LogP contribution in [-0.2, 0) is 17.4 Å². The Bertz CT molecular complexity index is 417. The molecule has 120 valence electrons. The lowest BCUT2D eigenvalue weighted by atomic mass is 9.78. The molecule has 0 aliphatic carbocycles. The maximum Gasteiger partial charge on any atom is 0.319 e. The van der Waals surface area contributed by atoms with E-state index in [0.29, 0.717) is 32.6 Å². The van der Waals surface area contributed by atoms with E-state index in [4.69, 9.17) is 3.07 Å². The van der Waals surface area contributed by atoms with Crippen molar-refractivity contribution in [1.82, 2.24) is 9.80 Å². The van der Waals surface area contributed by atoms with Crippen LogP contribution in [0.1, 0.15) is 34.1 Å². The van der Waals surface area contributed by atoms with Crippen LogP contribution < -0.4 is 0 Å². The molecule has 0 N–H and O–H groups in total. The lowest BCUT2D eigenvalue weighted by molar-refractivity contribution is -0.154. The molecule has 1 heterocycles. The number of nitrogens with zero attached hydrogens (tertiary/aromatic N) is 2. The van der Waals surface area contributed by atoms with Crippen molar-refractivity contribution in [3.63, 3.8) is 0 Å². The van der Waals surface area contributed by atoms with Gasteiger partial charge in [0.1, 0.15) is 0 Å². The number of carbonyl (C=O) groups excluding carboxylic acids is 3. The lowest BCUT2D eigenvalue weighted by Gasteiger charge is -2.39. The molecule has 1 unspecified atom stereocenters. The summed E-state index contributed by atoms with van der Waals surface area (Å²) in [6.45, 7) is 9.20. The largest absolute Gasteiger partial charge is 0.394 e. The molecule has 0 bridgehead atoms. The van der Waals surface area contributed by atoms with Crippen molar-refractivity contribution >= 4 is 40.8 Å². The van der Waals surface area contributed by atoms with E-state index in [1.54, 1.807) is 53.6 Å². The molecule has 6 nitrogen and oxygen atoms in total. The SMILES string of the molecule is CCC(=O)N1CCN(C(=O)C(C)(C)C(C)C(=O)OI)CC1. The van der Waals surface area contributed by atoms with E-state index in [-0.39, 0.29) is 11.8 Å². The molecule has 0 radical (unpaired) electrons. The molecule has 1 aliphatic rings. The third-order valence-corrected chi connectivity index (χ3v) is 4.72.